The van der Waals surface area contributed by atoms with Crippen molar-refractivity contribution in [1.29, 1.82) is 0 Å². The average Bonchev–Trinajstić information content (AvgIpc) is 2.18. The Kier molecular flexibility index (Phi) is 2.23. The number of fused-ring (bicyclic) bond motifs is 1. The number of benzene rings is 2. The van der Waals surface area contributed by atoms with E-state index in [1.807, 2.05) is 13.1 Å². The molecule has 0 radical (unpaired) electrons. The molecule has 2 rings (SSSR count). The van der Waals surface area contributed by atoms with Crippen molar-refractivity contribution in [3.05, 3.63) is 40.9 Å². The first kappa shape index (κ1) is 8.57. The predicted octanol–water partition coefficient (Wildman–Crippen LogP) is 3.64. The van der Waals surface area contributed by atoms with Gasteiger partial charge in [-0.1, -0.05) is 40.2 Å². The summed E-state index contributed by atoms with van der Waals surface area (Å²) in [6.45, 7) is 0. The third-order valence-electron chi connectivity index (χ3n) is 2.14. The Morgan fingerprint density at radius 1 is 1.00 bits per heavy atom. The van der Waals surface area contributed by atoms with Gasteiger partial charge in [-0.05, 0) is 17.5 Å². The largest absolute Gasteiger partial charge is 0.388 e. The molecule has 1 nitrogen and oxygen atoms in total. The van der Waals surface area contributed by atoms with E-state index in [9.17, 15) is 0 Å². The Bertz CT molecular complexity index is 437. The van der Waals surface area contributed by atoms with Crippen LogP contribution in [0.1, 0.15) is 0 Å². The Hall–Kier alpha value is -1.02. The molecule has 2 aromatic rings. The molecule has 0 bridgehead atoms. The van der Waals surface area contributed by atoms with Crippen LogP contribution in [0.5, 0.6) is 0 Å². The van der Waals surface area contributed by atoms with E-state index in [-0.39, 0.29) is 0 Å². The summed E-state index contributed by atoms with van der Waals surface area (Å²) in [6, 6.07) is 12.5. The number of hydrogen-bond acceptors (Lipinski definition) is 1. The maximum atomic E-state index is 3.53. The smallest absolute Gasteiger partial charge is 0.0417 e. The van der Waals surface area contributed by atoms with Crippen LogP contribution in [-0.4, -0.2) is 7.05 Å². The first-order valence-electron chi connectivity index (χ1n) is 4.18. The quantitative estimate of drug-likeness (QED) is 0.796. The Balaban J connectivity index is 2.84. The first-order chi connectivity index (χ1) is 6.33. The minimum absolute atomic E-state index is 1.14. The highest BCUT2D eigenvalue weighted by Crippen LogP contribution is 2.28. The van der Waals surface area contributed by atoms with Crippen molar-refractivity contribution in [2.75, 3.05) is 12.4 Å². The Morgan fingerprint density at radius 2 is 1.69 bits per heavy atom. The maximum Gasteiger partial charge on any atom is 0.0417 e. The molecule has 0 spiro atoms. The molecule has 0 heterocycles. The van der Waals surface area contributed by atoms with Crippen molar-refractivity contribution in [3.63, 3.8) is 0 Å². The molecule has 1 N–H and O–H groups in total. The van der Waals surface area contributed by atoms with E-state index in [0.717, 1.165) is 4.47 Å². The summed E-state index contributed by atoms with van der Waals surface area (Å²) in [5.74, 6) is 0. The van der Waals surface area contributed by atoms with Gasteiger partial charge in [0.1, 0.15) is 0 Å². The second-order valence-corrected chi connectivity index (χ2v) is 3.74. The molecule has 0 atom stereocenters. The minimum Gasteiger partial charge on any atom is -0.388 e. The summed E-state index contributed by atoms with van der Waals surface area (Å²) >= 11 is 3.53. The van der Waals surface area contributed by atoms with E-state index >= 15 is 0 Å². The van der Waals surface area contributed by atoms with E-state index in [2.05, 4.69) is 51.6 Å². The molecule has 2 aromatic carbocycles. The van der Waals surface area contributed by atoms with Gasteiger partial charge in [0.2, 0.25) is 0 Å². The van der Waals surface area contributed by atoms with Crippen LogP contribution in [0.4, 0.5) is 5.69 Å². The number of anilines is 1. The van der Waals surface area contributed by atoms with Gasteiger partial charge in [-0.3, -0.25) is 0 Å². The van der Waals surface area contributed by atoms with Gasteiger partial charge in [0.25, 0.3) is 0 Å². The third kappa shape index (κ3) is 1.42. The van der Waals surface area contributed by atoms with E-state index in [1.165, 1.54) is 16.5 Å². The van der Waals surface area contributed by atoms with Crippen LogP contribution in [0, 0.1) is 0 Å². The van der Waals surface area contributed by atoms with Crippen LogP contribution in [0.2, 0.25) is 0 Å². The number of halogens is 1. The van der Waals surface area contributed by atoms with E-state index in [1.54, 1.807) is 0 Å². The second kappa shape index (κ2) is 3.38. The van der Waals surface area contributed by atoms with Crippen molar-refractivity contribution in [2.45, 2.75) is 0 Å². The molecule has 0 aromatic heterocycles. The Morgan fingerprint density at radius 3 is 2.46 bits per heavy atom. The fraction of sp³-hybridized carbons (Fsp3) is 0.0909. The fourth-order valence-corrected chi connectivity index (χ4v) is 1.99. The predicted molar refractivity (Wildman–Crippen MR) is 61.2 cm³/mol. The molecule has 0 unspecified atom stereocenters. The highest BCUT2D eigenvalue weighted by molar-refractivity contribution is 9.10. The molecule has 2 heteroatoms. The van der Waals surface area contributed by atoms with Crippen LogP contribution in [0.3, 0.4) is 0 Å². The first-order valence-corrected chi connectivity index (χ1v) is 4.97. The van der Waals surface area contributed by atoms with Gasteiger partial charge in [-0.25, -0.2) is 0 Å². The summed E-state index contributed by atoms with van der Waals surface area (Å²) in [4.78, 5) is 0. The van der Waals surface area contributed by atoms with Crippen molar-refractivity contribution in [3.8, 4) is 0 Å². The van der Waals surface area contributed by atoms with Gasteiger partial charge in [-0.2, -0.15) is 0 Å². The summed E-state index contributed by atoms with van der Waals surface area (Å²) < 4.78 is 1.14. The summed E-state index contributed by atoms with van der Waals surface area (Å²) in [6.07, 6.45) is 0. The maximum absolute atomic E-state index is 3.53. The molecule has 0 saturated carbocycles. The fourth-order valence-electron chi connectivity index (χ4n) is 1.49. The molecule has 0 saturated heterocycles. The van der Waals surface area contributed by atoms with Crippen LogP contribution in [0.25, 0.3) is 10.8 Å². The lowest BCUT2D eigenvalue weighted by molar-refractivity contribution is 1.54. The lowest BCUT2D eigenvalue weighted by atomic mass is 10.1. The zero-order valence-electron chi connectivity index (χ0n) is 7.34. The Labute approximate surface area is 85.9 Å². The summed E-state index contributed by atoms with van der Waals surface area (Å²) in [5.41, 5.74) is 1.17. The van der Waals surface area contributed by atoms with E-state index in [4.69, 9.17) is 0 Å². The van der Waals surface area contributed by atoms with Crippen molar-refractivity contribution < 1.29 is 0 Å². The van der Waals surface area contributed by atoms with Crippen LogP contribution >= 0.6 is 15.9 Å². The number of nitrogens with one attached hydrogen (secondary N) is 1. The molecular formula is C11H10BrN. The van der Waals surface area contributed by atoms with Gasteiger partial charge < -0.3 is 5.32 Å². The van der Waals surface area contributed by atoms with Crippen LogP contribution < -0.4 is 5.32 Å². The van der Waals surface area contributed by atoms with Gasteiger partial charge in [0.15, 0.2) is 0 Å². The summed E-state index contributed by atoms with van der Waals surface area (Å²) in [7, 11) is 1.94. The molecule has 0 aliphatic rings. The lowest BCUT2D eigenvalue weighted by Gasteiger charge is -2.06. The molecule has 13 heavy (non-hydrogen) atoms. The number of rotatable bonds is 1. The normalized spacial score (nSPS) is 10.3. The lowest BCUT2D eigenvalue weighted by Crippen LogP contribution is -1.88. The monoisotopic (exact) mass is 235 g/mol. The van der Waals surface area contributed by atoms with Crippen molar-refractivity contribution >= 4 is 32.4 Å². The van der Waals surface area contributed by atoms with Crippen molar-refractivity contribution in [1.82, 2.24) is 0 Å². The molecular weight excluding hydrogens is 226 g/mol. The third-order valence-corrected chi connectivity index (χ3v) is 2.83. The van der Waals surface area contributed by atoms with Gasteiger partial charge >= 0.3 is 0 Å². The second-order valence-electron chi connectivity index (χ2n) is 2.89. The SMILES string of the molecule is CNc1cccc2c(Br)cccc12. The summed E-state index contributed by atoms with van der Waals surface area (Å²) in [5, 5.41) is 5.67. The van der Waals surface area contributed by atoms with E-state index < -0.39 is 0 Å². The average molecular weight is 236 g/mol. The van der Waals surface area contributed by atoms with Gasteiger partial charge in [0.05, 0.1) is 0 Å². The highest BCUT2D eigenvalue weighted by Gasteiger charge is 2.00. The van der Waals surface area contributed by atoms with Gasteiger partial charge in [0, 0.05) is 22.6 Å². The van der Waals surface area contributed by atoms with Crippen LogP contribution in [0.15, 0.2) is 40.9 Å². The molecule has 66 valence electrons. The van der Waals surface area contributed by atoms with Crippen molar-refractivity contribution in [2.24, 2.45) is 0 Å². The zero-order valence-corrected chi connectivity index (χ0v) is 8.93. The molecule has 0 aliphatic carbocycles. The van der Waals surface area contributed by atoms with Crippen LogP contribution in [-0.2, 0) is 0 Å². The van der Waals surface area contributed by atoms with E-state index in [0.29, 0.717) is 0 Å². The van der Waals surface area contributed by atoms with Gasteiger partial charge in [-0.15, -0.1) is 0 Å². The zero-order chi connectivity index (χ0) is 9.26. The topological polar surface area (TPSA) is 12.0 Å². The number of hydrogen-bond donors (Lipinski definition) is 1. The standard InChI is InChI=1S/C11H10BrN/c1-13-11-7-3-4-8-9(11)5-2-6-10(8)12/h2-7,13H,1H3. The molecule has 0 amide bonds. The molecule has 0 fully saturated rings. The minimum atomic E-state index is 1.14. The molecule has 0 aliphatic heterocycles. The highest BCUT2D eigenvalue weighted by atomic mass is 79.9.